The third-order valence-corrected chi connectivity index (χ3v) is 5.17. The van der Waals surface area contributed by atoms with Crippen LogP contribution in [0, 0.1) is 0 Å². The molecule has 1 amide bonds. The molecule has 3 N–H and O–H groups in total. The van der Waals surface area contributed by atoms with Crippen LogP contribution in [-0.2, 0) is 21.4 Å². The largest absolute Gasteiger partial charge is 0.392 e. The van der Waals surface area contributed by atoms with E-state index in [1.807, 2.05) is 0 Å². The molecule has 0 spiro atoms. The molecule has 2 rings (SSSR count). The van der Waals surface area contributed by atoms with Gasteiger partial charge in [0.2, 0.25) is 15.9 Å². The lowest BCUT2D eigenvalue weighted by Gasteiger charge is -2.08. The predicted octanol–water partition coefficient (Wildman–Crippen LogP) is 2.25. The maximum absolute atomic E-state index is 12.1. The molecule has 0 aromatic heterocycles. The highest BCUT2D eigenvalue weighted by Gasteiger charge is 2.14. The Labute approximate surface area is 149 Å². The number of carbonyl (C=O) groups excluding carboxylic acids is 1. The Kier molecular flexibility index (Phi) is 6.50. The van der Waals surface area contributed by atoms with Crippen molar-refractivity contribution in [1.29, 1.82) is 0 Å². The van der Waals surface area contributed by atoms with Gasteiger partial charge in [-0.25, -0.2) is 13.1 Å². The van der Waals surface area contributed by atoms with Crippen LogP contribution in [0.1, 0.15) is 12.0 Å². The first-order valence-corrected chi connectivity index (χ1v) is 9.43. The highest BCUT2D eigenvalue weighted by molar-refractivity contribution is 9.10. The summed E-state index contributed by atoms with van der Waals surface area (Å²) in [5.74, 6) is -0.316. The summed E-state index contributed by atoms with van der Waals surface area (Å²) in [6.45, 7) is -0.124. The molecule has 0 aliphatic carbocycles. The van der Waals surface area contributed by atoms with Gasteiger partial charge in [0.15, 0.2) is 0 Å². The summed E-state index contributed by atoms with van der Waals surface area (Å²) >= 11 is 3.24. The van der Waals surface area contributed by atoms with Gasteiger partial charge in [-0.15, -0.1) is 0 Å². The summed E-state index contributed by atoms with van der Waals surface area (Å²) in [7, 11) is -3.64. The normalized spacial score (nSPS) is 11.2. The number of benzene rings is 2. The quantitative estimate of drug-likeness (QED) is 0.649. The fourth-order valence-electron chi connectivity index (χ4n) is 1.97. The first-order chi connectivity index (χ1) is 11.4. The zero-order valence-corrected chi connectivity index (χ0v) is 15.1. The number of carbonyl (C=O) groups is 1. The van der Waals surface area contributed by atoms with Gasteiger partial charge in [0.05, 0.1) is 11.5 Å². The molecule has 0 saturated carbocycles. The molecule has 24 heavy (non-hydrogen) atoms. The van der Waals surface area contributed by atoms with Crippen LogP contribution in [-0.4, -0.2) is 26.0 Å². The van der Waals surface area contributed by atoms with Crippen molar-refractivity contribution in [2.45, 2.75) is 17.9 Å². The summed E-state index contributed by atoms with van der Waals surface area (Å²) in [4.78, 5) is 12.0. The van der Waals surface area contributed by atoms with Crippen molar-refractivity contribution in [3.8, 4) is 0 Å². The first-order valence-electron chi connectivity index (χ1n) is 7.15. The Bertz CT molecular complexity index is 807. The van der Waals surface area contributed by atoms with Crippen LogP contribution in [0.5, 0.6) is 0 Å². The molecule has 8 heteroatoms. The van der Waals surface area contributed by atoms with Crippen LogP contribution in [0.4, 0.5) is 5.69 Å². The Balaban J connectivity index is 1.86. The van der Waals surface area contributed by atoms with Crippen LogP contribution in [0.15, 0.2) is 57.9 Å². The summed E-state index contributed by atoms with van der Waals surface area (Å²) < 4.78 is 27.3. The van der Waals surface area contributed by atoms with E-state index in [9.17, 15) is 13.2 Å². The van der Waals surface area contributed by atoms with E-state index in [4.69, 9.17) is 5.11 Å². The van der Waals surface area contributed by atoms with Crippen molar-refractivity contribution in [2.24, 2.45) is 0 Å². The highest BCUT2D eigenvalue weighted by atomic mass is 79.9. The number of amides is 1. The average Bonchev–Trinajstić information content (AvgIpc) is 2.55. The number of hydrogen-bond donors (Lipinski definition) is 3. The Morgan fingerprint density at radius 1 is 1.12 bits per heavy atom. The molecule has 6 nitrogen and oxygen atoms in total. The van der Waals surface area contributed by atoms with Gasteiger partial charge in [-0.1, -0.05) is 28.1 Å². The van der Waals surface area contributed by atoms with Crippen molar-refractivity contribution in [2.75, 3.05) is 11.9 Å². The molecule has 0 saturated heterocycles. The first kappa shape index (κ1) is 18.6. The molecule has 0 heterocycles. The second-order valence-corrected chi connectivity index (χ2v) is 7.69. The van der Waals surface area contributed by atoms with Crippen molar-refractivity contribution in [1.82, 2.24) is 4.72 Å². The predicted molar refractivity (Wildman–Crippen MR) is 94.9 cm³/mol. The second-order valence-electron chi connectivity index (χ2n) is 5.01. The van der Waals surface area contributed by atoms with E-state index in [0.29, 0.717) is 11.3 Å². The number of halogens is 1. The van der Waals surface area contributed by atoms with E-state index >= 15 is 0 Å². The molecule has 0 aliphatic heterocycles. The van der Waals surface area contributed by atoms with Gasteiger partial charge >= 0.3 is 0 Å². The molecular weight excluding hydrogens is 396 g/mol. The van der Waals surface area contributed by atoms with Crippen LogP contribution < -0.4 is 10.0 Å². The van der Waals surface area contributed by atoms with Crippen molar-refractivity contribution in [3.05, 3.63) is 58.6 Å². The lowest BCUT2D eigenvalue weighted by molar-refractivity contribution is -0.116. The number of rotatable bonds is 7. The minimum atomic E-state index is -3.64. The van der Waals surface area contributed by atoms with Crippen LogP contribution in [0.3, 0.4) is 0 Å². The second kappa shape index (κ2) is 8.39. The number of aliphatic hydroxyl groups is 1. The van der Waals surface area contributed by atoms with Crippen molar-refractivity contribution < 1.29 is 18.3 Å². The number of anilines is 1. The summed E-state index contributed by atoms with van der Waals surface area (Å²) in [6, 6.07) is 13.0. The van der Waals surface area contributed by atoms with Gasteiger partial charge in [0.25, 0.3) is 0 Å². The standard InChI is InChI=1S/C16H17BrN2O4S/c17-13-4-6-15(7-5-13)24(22,23)18-9-8-16(21)19-14-3-1-2-12(10-14)11-20/h1-7,10,18,20H,8-9,11H2,(H,19,21). The topological polar surface area (TPSA) is 95.5 Å². The lowest BCUT2D eigenvalue weighted by atomic mass is 10.2. The van der Waals surface area contributed by atoms with Gasteiger partial charge in [0.1, 0.15) is 0 Å². The molecule has 128 valence electrons. The number of aliphatic hydroxyl groups excluding tert-OH is 1. The van der Waals surface area contributed by atoms with E-state index < -0.39 is 10.0 Å². The fourth-order valence-corrected chi connectivity index (χ4v) is 3.26. The summed E-state index contributed by atoms with van der Waals surface area (Å²) in [5, 5.41) is 11.7. The molecule has 0 unspecified atom stereocenters. The summed E-state index contributed by atoms with van der Waals surface area (Å²) in [5.41, 5.74) is 1.24. The number of sulfonamides is 1. The molecule has 0 bridgehead atoms. The third kappa shape index (κ3) is 5.41. The van der Waals surface area contributed by atoms with Crippen LogP contribution in [0.25, 0.3) is 0 Å². The lowest BCUT2D eigenvalue weighted by Crippen LogP contribution is -2.27. The molecule has 2 aromatic rings. The van der Waals surface area contributed by atoms with E-state index in [2.05, 4.69) is 26.0 Å². The van der Waals surface area contributed by atoms with Crippen molar-refractivity contribution in [3.63, 3.8) is 0 Å². The van der Waals surface area contributed by atoms with Crippen molar-refractivity contribution >= 4 is 37.5 Å². The molecule has 2 aromatic carbocycles. The Hall–Kier alpha value is -1.74. The van der Waals surface area contributed by atoms with Gasteiger partial charge in [-0.05, 0) is 42.0 Å². The van der Waals surface area contributed by atoms with Gasteiger partial charge < -0.3 is 10.4 Å². The Morgan fingerprint density at radius 2 is 1.83 bits per heavy atom. The Morgan fingerprint density at radius 3 is 2.50 bits per heavy atom. The monoisotopic (exact) mass is 412 g/mol. The molecule has 0 aliphatic rings. The van der Waals surface area contributed by atoms with Gasteiger partial charge in [-0.2, -0.15) is 0 Å². The van der Waals surface area contributed by atoms with Crippen LogP contribution in [0.2, 0.25) is 0 Å². The van der Waals surface area contributed by atoms with E-state index in [-0.39, 0.29) is 30.4 Å². The third-order valence-electron chi connectivity index (χ3n) is 3.16. The molecule has 0 atom stereocenters. The average molecular weight is 413 g/mol. The smallest absolute Gasteiger partial charge is 0.240 e. The molecule has 0 radical (unpaired) electrons. The highest BCUT2D eigenvalue weighted by Crippen LogP contribution is 2.14. The van der Waals surface area contributed by atoms with Crippen LogP contribution >= 0.6 is 15.9 Å². The van der Waals surface area contributed by atoms with E-state index in [0.717, 1.165) is 4.47 Å². The van der Waals surface area contributed by atoms with Gasteiger partial charge in [-0.3, -0.25) is 4.79 Å². The number of nitrogens with one attached hydrogen (secondary N) is 2. The minimum absolute atomic E-state index is 0.000882. The zero-order valence-electron chi connectivity index (χ0n) is 12.7. The van der Waals surface area contributed by atoms with E-state index in [1.165, 1.54) is 12.1 Å². The summed E-state index contributed by atoms with van der Waals surface area (Å²) in [6.07, 6.45) is -0.000882. The van der Waals surface area contributed by atoms with Gasteiger partial charge in [0, 0.05) is 23.1 Å². The maximum Gasteiger partial charge on any atom is 0.240 e. The zero-order chi connectivity index (χ0) is 17.6. The minimum Gasteiger partial charge on any atom is -0.392 e. The molecule has 0 fully saturated rings. The maximum atomic E-state index is 12.1. The SMILES string of the molecule is O=C(CCNS(=O)(=O)c1ccc(Br)cc1)Nc1cccc(CO)c1. The van der Waals surface area contributed by atoms with E-state index in [1.54, 1.807) is 36.4 Å². The number of hydrogen-bond acceptors (Lipinski definition) is 4. The fraction of sp³-hybridized carbons (Fsp3) is 0.188. The molecular formula is C16H17BrN2O4S.